The highest BCUT2D eigenvalue weighted by Gasteiger charge is 2.49. The van der Waals surface area contributed by atoms with E-state index >= 15 is 0 Å². The summed E-state index contributed by atoms with van der Waals surface area (Å²) in [6, 6.07) is 0. The molecule has 1 aliphatic carbocycles. The molecule has 0 spiro atoms. The second-order valence-electron chi connectivity index (χ2n) is 5.27. The number of esters is 1. The quantitative estimate of drug-likeness (QED) is 0.570. The molecule has 0 N–H and O–H groups in total. The van der Waals surface area contributed by atoms with Gasteiger partial charge in [0, 0.05) is 13.0 Å². The average molecular weight is 254 g/mol. The minimum absolute atomic E-state index is 0.0523. The van der Waals surface area contributed by atoms with E-state index in [-0.39, 0.29) is 17.9 Å². The maximum atomic E-state index is 12.3. The van der Waals surface area contributed by atoms with Gasteiger partial charge >= 0.3 is 5.97 Å². The van der Waals surface area contributed by atoms with Crippen LogP contribution >= 0.6 is 0 Å². The molecule has 4 heteroatoms. The average Bonchev–Trinajstić information content (AvgIpc) is 2.85. The fraction of sp³-hybridized carbons (Fsp3) is 0.857. The van der Waals surface area contributed by atoms with Gasteiger partial charge in [-0.25, -0.2) is 0 Å². The van der Waals surface area contributed by atoms with E-state index in [1.54, 1.807) is 6.92 Å². The standard InChI is InChI=1S/C14H22O4/c1-2-17-13(16)14(8-4-3-7-12(14)15)10-11-6-5-9-18-11/h11H,2-10H2,1H3. The van der Waals surface area contributed by atoms with Gasteiger partial charge in [-0.15, -0.1) is 0 Å². The summed E-state index contributed by atoms with van der Waals surface area (Å²) in [6.07, 6.45) is 5.51. The molecule has 102 valence electrons. The van der Waals surface area contributed by atoms with E-state index in [2.05, 4.69) is 0 Å². The summed E-state index contributed by atoms with van der Waals surface area (Å²) in [5.41, 5.74) is -0.913. The smallest absolute Gasteiger partial charge is 0.319 e. The molecule has 1 saturated heterocycles. The first-order valence-corrected chi connectivity index (χ1v) is 7.01. The van der Waals surface area contributed by atoms with Gasteiger partial charge in [-0.2, -0.15) is 0 Å². The fourth-order valence-electron chi connectivity index (χ4n) is 3.07. The van der Waals surface area contributed by atoms with Crippen molar-refractivity contribution in [1.29, 1.82) is 0 Å². The van der Waals surface area contributed by atoms with Gasteiger partial charge in [-0.05, 0) is 39.0 Å². The van der Waals surface area contributed by atoms with Crippen LogP contribution < -0.4 is 0 Å². The number of ketones is 1. The van der Waals surface area contributed by atoms with E-state index in [1.165, 1.54) is 0 Å². The summed E-state index contributed by atoms with van der Waals surface area (Å²) < 4.78 is 10.7. The molecule has 1 aliphatic heterocycles. The summed E-state index contributed by atoms with van der Waals surface area (Å²) in [7, 11) is 0. The molecule has 0 radical (unpaired) electrons. The van der Waals surface area contributed by atoms with Crippen molar-refractivity contribution in [1.82, 2.24) is 0 Å². The molecular formula is C14H22O4. The second-order valence-corrected chi connectivity index (χ2v) is 5.27. The van der Waals surface area contributed by atoms with Crippen molar-refractivity contribution in [2.24, 2.45) is 5.41 Å². The third kappa shape index (κ3) is 2.58. The van der Waals surface area contributed by atoms with E-state index in [1.807, 2.05) is 0 Å². The second kappa shape index (κ2) is 5.83. The van der Waals surface area contributed by atoms with Crippen molar-refractivity contribution in [3.05, 3.63) is 0 Å². The maximum absolute atomic E-state index is 12.3. The number of hydrogen-bond donors (Lipinski definition) is 0. The van der Waals surface area contributed by atoms with Crippen LogP contribution in [0.3, 0.4) is 0 Å². The van der Waals surface area contributed by atoms with Gasteiger partial charge in [0.15, 0.2) is 0 Å². The first-order chi connectivity index (χ1) is 8.69. The van der Waals surface area contributed by atoms with E-state index in [4.69, 9.17) is 9.47 Å². The van der Waals surface area contributed by atoms with Crippen LogP contribution in [0.2, 0.25) is 0 Å². The fourth-order valence-corrected chi connectivity index (χ4v) is 3.07. The molecule has 0 aromatic rings. The third-order valence-electron chi connectivity index (χ3n) is 4.06. The lowest BCUT2D eigenvalue weighted by Gasteiger charge is -2.34. The van der Waals surface area contributed by atoms with Gasteiger partial charge in [0.2, 0.25) is 0 Å². The minimum atomic E-state index is -0.913. The van der Waals surface area contributed by atoms with Gasteiger partial charge in [0.25, 0.3) is 0 Å². The summed E-state index contributed by atoms with van der Waals surface area (Å²) in [4.78, 5) is 24.5. The highest BCUT2D eigenvalue weighted by Crippen LogP contribution is 2.40. The number of carbonyl (C=O) groups is 2. The van der Waals surface area contributed by atoms with Crippen LogP contribution in [0.5, 0.6) is 0 Å². The SMILES string of the molecule is CCOC(=O)C1(CC2CCCO2)CCCCC1=O. The Hall–Kier alpha value is -0.900. The highest BCUT2D eigenvalue weighted by atomic mass is 16.5. The molecular weight excluding hydrogens is 232 g/mol. The van der Waals surface area contributed by atoms with Crippen molar-refractivity contribution in [3.63, 3.8) is 0 Å². The topological polar surface area (TPSA) is 52.6 Å². The number of ether oxygens (including phenoxy) is 2. The van der Waals surface area contributed by atoms with Crippen LogP contribution in [0, 0.1) is 5.41 Å². The van der Waals surface area contributed by atoms with Crippen molar-refractivity contribution in [3.8, 4) is 0 Å². The molecule has 4 nitrogen and oxygen atoms in total. The van der Waals surface area contributed by atoms with E-state index < -0.39 is 5.41 Å². The largest absolute Gasteiger partial charge is 0.465 e. The normalized spacial score (nSPS) is 32.5. The molecule has 0 amide bonds. The zero-order valence-corrected chi connectivity index (χ0v) is 11.1. The molecule has 18 heavy (non-hydrogen) atoms. The molecule has 2 fully saturated rings. The zero-order valence-electron chi connectivity index (χ0n) is 11.1. The van der Waals surface area contributed by atoms with Gasteiger partial charge in [-0.3, -0.25) is 9.59 Å². The van der Waals surface area contributed by atoms with Gasteiger partial charge in [0.1, 0.15) is 11.2 Å². The summed E-state index contributed by atoms with van der Waals surface area (Å²) in [6.45, 7) is 2.86. The van der Waals surface area contributed by atoms with Crippen molar-refractivity contribution >= 4 is 11.8 Å². The van der Waals surface area contributed by atoms with E-state index in [0.717, 1.165) is 32.3 Å². The molecule has 1 saturated carbocycles. The Kier molecular flexibility index (Phi) is 4.38. The molecule has 2 atom stereocenters. The van der Waals surface area contributed by atoms with Crippen LogP contribution in [-0.2, 0) is 19.1 Å². The van der Waals surface area contributed by atoms with Gasteiger partial charge in [-0.1, -0.05) is 6.42 Å². The predicted octanol–water partition coefficient (Wildman–Crippen LogP) is 2.25. The van der Waals surface area contributed by atoms with Crippen LogP contribution in [0.15, 0.2) is 0 Å². The summed E-state index contributed by atoms with van der Waals surface area (Å²) >= 11 is 0. The van der Waals surface area contributed by atoms with E-state index in [9.17, 15) is 9.59 Å². The van der Waals surface area contributed by atoms with E-state index in [0.29, 0.717) is 25.9 Å². The lowest BCUT2D eigenvalue weighted by Crippen LogP contribution is -2.45. The number of hydrogen-bond acceptors (Lipinski definition) is 4. The minimum Gasteiger partial charge on any atom is -0.465 e. The molecule has 0 aromatic heterocycles. The first kappa shape index (κ1) is 13.5. The molecule has 2 rings (SSSR count). The van der Waals surface area contributed by atoms with Gasteiger partial charge in [0.05, 0.1) is 12.7 Å². The summed E-state index contributed by atoms with van der Waals surface area (Å²) in [5, 5.41) is 0. The molecule has 2 aliphatic rings. The molecule has 2 unspecified atom stereocenters. The maximum Gasteiger partial charge on any atom is 0.319 e. The first-order valence-electron chi connectivity index (χ1n) is 7.01. The molecule has 1 heterocycles. The summed E-state index contributed by atoms with van der Waals surface area (Å²) in [5.74, 6) is -0.270. The van der Waals surface area contributed by atoms with Crippen molar-refractivity contribution in [2.75, 3.05) is 13.2 Å². The van der Waals surface area contributed by atoms with Crippen molar-refractivity contribution in [2.45, 2.75) is 58.0 Å². The number of carbonyl (C=O) groups excluding carboxylic acids is 2. The van der Waals surface area contributed by atoms with Crippen LogP contribution in [0.25, 0.3) is 0 Å². The van der Waals surface area contributed by atoms with Crippen LogP contribution in [0.1, 0.15) is 51.9 Å². The van der Waals surface area contributed by atoms with Gasteiger partial charge < -0.3 is 9.47 Å². The molecule has 0 aromatic carbocycles. The van der Waals surface area contributed by atoms with Crippen LogP contribution in [-0.4, -0.2) is 31.1 Å². The van der Waals surface area contributed by atoms with Crippen LogP contribution in [0.4, 0.5) is 0 Å². The Bertz CT molecular complexity index is 320. The number of Topliss-reactive ketones (excluding diaryl/α,β-unsaturated/α-hetero) is 1. The molecule has 0 bridgehead atoms. The Balaban J connectivity index is 2.14. The highest BCUT2D eigenvalue weighted by molar-refractivity contribution is 6.04. The monoisotopic (exact) mass is 254 g/mol. The Morgan fingerprint density at radius 3 is 2.89 bits per heavy atom. The lowest BCUT2D eigenvalue weighted by molar-refractivity contribution is -0.164. The van der Waals surface area contributed by atoms with Crippen molar-refractivity contribution < 1.29 is 19.1 Å². The Labute approximate surface area is 108 Å². The number of rotatable bonds is 4. The Morgan fingerprint density at radius 2 is 2.28 bits per heavy atom. The zero-order chi connectivity index (χ0) is 13.0. The third-order valence-corrected chi connectivity index (χ3v) is 4.06. The lowest BCUT2D eigenvalue weighted by atomic mass is 9.69. The predicted molar refractivity (Wildman–Crippen MR) is 66.1 cm³/mol. The Morgan fingerprint density at radius 1 is 1.44 bits per heavy atom.